The fourth-order valence-corrected chi connectivity index (χ4v) is 1.69. The van der Waals surface area contributed by atoms with Gasteiger partial charge in [-0.15, -0.1) is 0 Å². The zero-order valence-corrected chi connectivity index (χ0v) is 6.34. The average molecular weight is 142 g/mol. The summed E-state index contributed by atoms with van der Waals surface area (Å²) in [6, 6.07) is 0. The van der Waals surface area contributed by atoms with Crippen molar-refractivity contribution in [3.63, 3.8) is 0 Å². The molecule has 0 unspecified atom stereocenters. The molecule has 0 amide bonds. The smallest absolute Gasteiger partial charge is 0.133 e. The summed E-state index contributed by atoms with van der Waals surface area (Å²) in [6.45, 7) is 2.26. The van der Waals surface area contributed by atoms with Crippen molar-refractivity contribution >= 4 is 5.78 Å². The second kappa shape index (κ2) is 3.15. The third kappa shape index (κ3) is 1.37. The Morgan fingerprint density at radius 2 is 2.10 bits per heavy atom. The van der Waals surface area contributed by atoms with Gasteiger partial charge in [-0.2, -0.15) is 0 Å². The Balaban J connectivity index is 2.48. The van der Waals surface area contributed by atoms with Crippen LogP contribution in [0.1, 0.15) is 26.2 Å². The number of carbonyl (C=O) groups excluding carboxylic acids is 1. The first-order valence-electron chi connectivity index (χ1n) is 3.90. The maximum Gasteiger partial charge on any atom is 0.133 e. The van der Waals surface area contributed by atoms with Crippen LogP contribution in [-0.4, -0.2) is 17.5 Å². The van der Waals surface area contributed by atoms with Crippen LogP contribution < -0.4 is 0 Å². The van der Waals surface area contributed by atoms with Gasteiger partial charge in [-0.05, 0) is 11.8 Å². The molecule has 1 saturated carbocycles. The number of hydrogen-bond acceptors (Lipinski definition) is 2. The second-order valence-corrected chi connectivity index (χ2v) is 3.06. The quantitative estimate of drug-likeness (QED) is 0.624. The van der Waals surface area contributed by atoms with E-state index in [2.05, 4.69) is 6.92 Å². The molecule has 1 fully saturated rings. The van der Waals surface area contributed by atoms with Gasteiger partial charge in [-0.25, -0.2) is 0 Å². The standard InChI is InChI=1S/C8H14O2/c1-2-6-3-8(10)4-7(6)5-9/h6-7,9H,2-5H2,1H3/t6-,7-/m1/s1. The molecule has 2 heteroatoms. The SMILES string of the molecule is CC[C@@H]1CC(=O)C[C@@H]1CO. The Morgan fingerprint density at radius 1 is 1.50 bits per heavy atom. The fraction of sp³-hybridized carbons (Fsp3) is 0.875. The molecular formula is C8H14O2. The molecule has 0 heterocycles. The third-order valence-corrected chi connectivity index (χ3v) is 2.41. The van der Waals surface area contributed by atoms with Gasteiger partial charge in [0.05, 0.1) is 0 Å². The number of ketones is 1. The lowest BCUT2D eigenvalue weighted by Gasteiger charge is -2.12. The van der Waals surface area contributed by atoms with Gasteiger partial charge in [-0.1, -0.05) is 13.3 Å². The van der Waals surface area contributed by atoms with Crippen molar-refractivity contribution in [2.75, 3.05) is 6.61 Å². The molecule has 0 bridgehead atoms. The molecule has 0 saturated heterocycles. The van der Waals surface area contributed by atoms with Crippen LogP contribution in [0.2, 0.25) is 0 Å². The fourth-order valence-electron chi connectivity index (χ4n) is 1.69. The highest BCUT2D eigenvalue weighted by Gasteiger charge is 2.30. The van der Waals surface area contributed by atoms with Crippen molar-refractivity contribution in [3.05, 3.63) is 0 Å². The maximum atomic E-state index is 10.9. The van der Waals surface area contributed by atoms with Gasteiger partial charge in [-0.3, -0.25) is 4.79 Å². The molecule has 0 radical (unpaired) electrons. The predicted octanol–water partition coefficient (Wildman–Crippen LogP) is 0.984. The van der Waals surface area contributed by atoms with Crippen LogP contribution in [0, 0.1) is 11.8 Å². The van der Waals surface area contributed by atoms with Crippen molar-refractivity contribution < 1.29 is 9.90 Å². The minimum Gasteiger partial charge on any atom is -0.396 e. The first-order valence-corrected chi connectivity index (χ1v) is 3.90. The maximum absolute atomic E-state index is 10.9. The number of rotatable bonds is 2. The molecule has 0 aromatic carbocycles. The topological polar surface area (TPSA) is 37.3 Å². The van der Waals surface area contributed by atoms with Crippen LogP contribution in [0.15, 0.2) is 0 Å². The van der Waals surface area contributed by atoms with E-state index in [9.17, 15) is 4.79 Å². The normalized spacial score (nSPS) is 33.2. The zero-order valence-electron chi connectivity index (χ0n) is 6.34. The van der Waals surface area contributed by atoms with E-state index < -0.39 is 0 Å². The van der Waals surface area contributed by atoms with Crippen molar-refractivity contribution in [3.8, 4) is 0 Å². The molecule has 2 atom stereocenters. The first kappa shape index (κ1) is 7.73. The summed E-state index contributed by atoms with van der Waals surface area (Å²) >= 11 is 0. The molecule has 1 aliphatic carbocycles. The van der Waals surface area contributed by atoms with E-state index >= 15 is 0 Å². The number of hydrogen-bond donors (Lipinski definition) is 1. The van der Waals surface area contributed by atoms with Gasteiger partial charge >= 0.3 is 0 Å². The Morgan fingerprint density at radius 3 is 2.50 bits per heavy atom. The molecule has 0 spiro atoms. The summed E-state index contributed by atoms with van der Waals surface area (Å²) in [5, 5.41) is 8.83. The molecule has 1 N–H and O–H groups in total. The van der Waals surface area contributed by atoms with Gasteiger partial charge in [0.1, 0.15) is 5.78 Å². The molecule has 0 aliphatic heterocycles. The van der Waals surface area contributed by atoms with E-state index in [-0.39, 0.29) is 12.5 Å². The van der Waals surface area contributed by atoms with E-state index in [1.54, 1.807) is 0 Å². The lowest BCUT2D eigenvalue weighted by atomic mass is 9.95. The molecular weight excluding hydrogens is 128 g/mol. The number of carbonyl (C=O) groups is 1. The van der Waals surface area contributed by atoms with Crippen LogP contribution >= 0.6 is 0 Å². The predicted molar refractivity (Wildman–Crippen MR) is 38.6 cm³/mol. The van der Waals surface area contributed by atoms with Crippen LogP contribution in [0.25, 0.3) is 0 Å². The Kier molecular flexibility index (Phi) is 2.44. The summed E-state index contributed by atoms with van der Waals surface area (Å²) in [5.74, 6) is 1.04. The summed E-state index contributed by atoms with van der Waals surface area (Å²) < 4.78 is 0. The largest absolute Gasteiger partial charge is 0.396 e. The number of aliphatic hydroxyl groups is 1. The summed E-state index contributed by atoms with van der Waals surface area (Å²) in [6.07, 6.45) is 2.33. The van der Waals surface area contributed by atoms with Gasteiger partial charge in [0, 0.05) is 19.4 Å². The molecule has 58 valence electrons. The number of Topliss-reactive ketones (excluding diaryl/α,β-unsaturated/α-hetero) is 1. The monoisotopic (exact) mass is 142 g/mol. The lowest BCUT2D eigenvalue weighted by molar-refractivity contribution is -0.117. The highest BCUT2D eigenvalue weighted by molar-refractivity contribution is 5.81. The minimum atomic E-state index is 0.185. The van der Waals surface area contributed by atoms with Crippen LogP contribution in [-0.2, 0) is 4.79 Å². The van der Waals surface area contributed by atoms with Crippen molar-refractivity contribution in [2.24, 2.45) is 11.8 Å². The van der Waals surface area contributed by atoms with Gasteiger partial charge in [0.2, 0.25) is 0 Å². The second-order valence-electron chi connectivity index (χ2n) is 3.06. The molecule has 2 nitrogen and oxygen atoms in total. The highest BCUT2D eigenvalue weighted by Crippen LogP contribution is 2.30. The van der Waals surface area contributed by atoms with Crippen LogP contribution in [0.3, 0.4) is 0 Å². The molecule has 10 heavy (non-hydrogen) atoms. The Labute approximate surface area is 61.2 Å². The highest BCUT2D eigenvalue weighted by atomic mass is 16.3. The first-order chi connectivity index (χ1) is 4.77. The van der Waals surface area contributed by atoms with Crippen LogP contribution in [0.5, 0.6) is 0 Å². The Bertz CT molecular complexity index is 117. The molecule has 1 rings (SSSR count). The van der Waals surface area contributed by atoms with Crippen molar-refractivity contribution in [1.82, 2.24) is 0 Å². The van der Waals surface area contributed by atoms with E-state index in [1.807, 2.05) is 0 Å². The van der Waals surface area contributed by atoms with Crippen LogP contribution in [0.4, 0.5) is 0 Å². The van der Waals surface area contributed by atoms with Crippen molar-refractivity contribution in [1.29, 1.82) is 0 Å². The average Bonchev–Trinajstić information content (AvgIpc) is 2.30. The van der Waals surface area contributed by atoms with E-state index in [0.29, 0.717) is 24.5 Å². The third-order valence-electron chi connectivity index (χ3n) is 2.41. The minimum absolute atomic E-state index is 0.185. The zero-order chi connectivity index (χ0) is 7.56. The Hall–Kier alpha value is -0.370. The van der Waals surface area contributed by atoms with Gasteiger partial charge < -0.3 is 5.11 Å². The van der Waals surface area contributed by atoms with E-state index in [0.717, 1.165) is 6.42 Å². The van der Waals surface area contributed by atoms with E-state index in [4.69, 9.17) is 5.11 Å². The molecule has 1 aliphatic rings. The summed E-state index contributed by atoms with van der Waals surface area (Å²) in [7, 11) is 0. The molecule has 0 aromatic rings. The van der Waals surface area contributed by atoms with Crippen molar-refractivity contribution in [2.45, 2.75) is 26.2 Å². The van der Waals surface area contributed by atoms with E-state index in [1.165, 1.54) is 0 Å². The van der Waals surface area contributed by atoms with Gasteiger partial charge in [0.25, 0.3) is 0 Å². The summed E-state index contributed by atoms with van der Waals surface area (Å²) in [4.78, 5) is 10.9. The lowest BCUT2D eigenvalue weighted by Crippen LogP contribution is -2.10. The summed E-state index contributed by atoms with van der Waals surface area (Å²) in [5.41, 5.74) is 0. The number of aliphatic hydroxyl groups excluding tert-OH is 1. The molecule has 0 aromatic heterocycles. The van der Waals surface area contributed by atoms with Gasteiger partial charge in [0.15, 0.2) is 0 Å².